The van der Waals surface area contributed by atoms with Gasteiger partial charge in [0.2, 0.25) is 5.91 Å². The number of carbonyl (C=O) groups is 3. The smallest absolute Gasteiger partial charge is 0.318 e. The molecule has 2 N–H and O–H groups in total. The maximum atomic E-state index is 13.5. The number of Topliss-reactive ketones (excluding diaryl/α,β-unsaturated/α-hetero) is 1. The van der Waals surface area contributed by atoms with Crippen molar-refractivity contribution >= 4 is 27.7 Å². The maximum absolute atomic E-state index is 13.5. The number of amides is 3. The highest BCUT2D eigenvalue weighted by Gasteiger charge is 2.38. The number of pyridine rings is 1. The van der Waals surface area contributed by atoms with Crippen LogP contribution >= 0.6 is 0 Å². The van der Waals surface area contributed by atoms with E-state index in [2.05, 4.69) is 22.5 Å². The van der Waals surface area contributed by atoms with Gasteiger partial charge in [-0.25, -0.2) is 18.2 Å². The summed E-state index contributed by atoms with van der Waals surface area (Å²) >= 11 is 0. The van der Waals surface area contributed by atoms with Gasteiger partial charge in [-0.05, 0) is 49.7 Å². The van der Waals surface area contributed by atoms with Crippen molar-refractivity contribution < 1.29 is 27.5 Å². The predicted molar refractivity (Wildman–Crippen MR) is 135 cm³/mol. The van der Waals surface area contributed by atoms with Gasteiger partial charge in [0.1, 0.15) is 6.04 Å². The Morgan fingerprint density at radius 2 is 1.89 bits per heavy atom. The molecular formula is C25H37N5O6S. The first kappa shape index (κ1) is 27.5. The minimum atomic E-state index is -3.92. The van der Waals surface area contributed by atoms with Crippen molar-refractivity contribution in [2.75, 3.05) is 39.4 Å². The van der Waals surface area contributed by atoms with E-state index < -0.39 is 28.0 Å². The second-order valence-corrected chi connectivity index (χ2v) is 12.4. The summed E-state index contributed by atoms with van der Waals surface area (Å²) in [7, 11) is -3.92. The Morgan fingerprint density at radius 1 is 1.16 bits per heavy atom. The fourth-order valence-corrected chi connectivity index (χ4v) is 6.78. The lowest BCUT2D eigenvalue weighted by atomic mass is 9.81. The first-order valence-corrected chi connectivity index (χ1v) is 14.5. The number of nitrogens with one attached hydrogen (secondary N) is 2. The summed E-state index contributed by atoms with van der Waals surface area (Å²) in [6, 6.07) is 2.68. The Labute approximate surface area is 218 Å². The third kappa shape index (κ3) is 6.85. The first-order valence-electron chi connectivity index (χ1n) is 13.1. The second kappa shape index (κ2) is 11.9. The topological polar surface area (TPSA) is 138 Å². The molecule has 1 saturated carbocycles. The Morgan fingerprint density at radius 3 is 2.57 bits per heavy atom. The quantitative estimate of drug-likeness (QED) is 0.537. The Bertz CT molecular complexity index is 1070. The molecule has 1 aromatic heterocycles. The predicted octanol–water partition coefficient (Wildman–Crippen LogP) is 1.30. The van der Waals surface area contributed by atoms with Gasteiger partial charge in [-0.2, -0.15) is 4.31 Å². The number of sulfonamides is 1. The van der Waals surface area contributed by atoms with E-state index in [0.29, 0.717) is 45.6 Å². The molecule has 1 aliphatic carbocycles. The molecule has 3 amide bonds. The van der Waals surface area contributed by atoms with Crippen molar-refractivity contribution in [2.24, 2.45) is 5.41 Å². The third-order valence-corrected chi connectivity index (χ3v) is 9.36. The minimum Gasteiger partial charge on any atom is -0.378 e. The van der Waals surface area contributed by atoms with Gasteiger partial charge < -0.3 is 20.3 Å². The molecule has 3 aliphatic rings. The molecular weight excluding hydrogens is 498 g/mol. The average molecular weight is 536 g/mol. The van der Waals surface area contributed by atoms with E-state index in [1.165, 1.54) is 12.3 Å². The van der Waals surface area contributed by atoms with Gasteiger partial charge in [0, 0.05) is 25.8 Å². The van der Waals surface area contributed by atoms with Crippen LogP contribution in [-0.2, 0) is 24.3 Å². The highest BCUT2D eigenvalue weighted by atomic mass is 32.2. The van der Waals surface area contributed by atoms with E-state index in [0.717, 1.165) is 30.0 Å². The van der Waals surface area contributed by atoms with Gasteiger partial charge in [0.25, 0.3) is 10.0 Å². The summed E-state index contributed by atoms with van der Waals surface area (Å²) < 4.78 is 32.4. The molecule has 0 bridgehead atoms. The van der Waals surface area contributed by atoms with E-state index in [1.54, 1.807) is 17.0 Å². The largest absolute Gasteiger partial charge is 0.378 e. The third-order valence-electron chi connectivity index (χ3n) is 7.60. The molecule has 11 nitrogen and oxygen atoms in total. The van der Waals surface area contributed by atoms with Crippen molar-refractivity contribution in [3.63, 3.8) is 0 Å². The molecule has 2 atom stereocenters. The Hall–Kier alpha value is -2.57. The summed E-state index contributed by atoms with van der Waals surface area (Å²) in [4.78, 5) is 45.0. The lowest BCUT2D eigenvalue weighted by molar-refractivity contribution is -0.129. The number of hydrogen-bond donors (Lipinski definition) is 2. The molecule has 3 fully saturated rings. The molecule has 12 heteroatoms. The Kier molecular flexibility index (Phi) is 8.81. The van der Waals surface area contributed by atoms with Crippen LogP contribution in [-0.4, -0.2) is 91.8 Å². The van der Waals surface area contributed by atoms with Crippen LogP contribution in [0, 0.1) is 5.41 Å². The fraction of sp³-hybridized carbons (Fsp3) is 0.680. The van der Waals surface area contributed by atoms with Gasteiger partial charge >= 0.3 is 6.03 Å². The van der Waals surface area contributed by atoms with Gasteiger partial charge in [0.15, 0.2) is 10.8 Å². The van der Waals surface area contributed by atoms with Gasteiger partial charge in [0.05, 0.1) is 25.8 Å². The molecule has 0 unspecified atom stereocenters. The molecule has 0 aromatic carbocycles. The van der Waals surface area contributed by atoms with Crippen LogP contribution < -0.4 is 10.6 Å². The van der Waals surface area contributed by atoms with E-state index in [-0.39, 0.29) is 35.3 Å². The molecule has 2 saturated heterocycles. The standard InChI is InChI=1S/C25H37N5O6S/c1-25(9-3-4-10-25)17-20(28-24(33)29-13-15-36-16-14-29)23(32)27-19-7-6-12-30(18-21(19)31)37(34,35)22-8-2-5-11-26-22/h2,5,8,11,19-20H,3-4,6-7,9-10,12-18H2,1H3,(H,27,32)(H,28,33)/t19-,20-/m0/s1. The molecule has 0 radical (unpaired) electrons. The highest BCUT2D eigenvalue weighted by molar-refractivity contribution is 7.89. The lowest BCUT2D eigenvalue weighted by Crippen LogP contribution is -2.56. The van der Waals surface area contributed by atoms with Crippen LogP contribution in [0.5, 0.6) is 0 Å². The highest BCUT2D eigenvalue weighted by Crippen LogP contribution is 2.41. The number of aromatic nitrogens is 1. The molecule has 0 spiro atoms. The summed E-state index contributed by atoms with van der Waals surface area (Å²) in [5.41, 5.74) is -0.0681. The normalized spacial score (nSPS) is 23.8. The number of nitrogens with zero attached hydrogens (tertiary/aromatic N) is 3. The summed E-state index contributed by atoms with van der Waals surface area (Å²) in [5.74, 6) is -0.787. The molecule has 2 aliphatic heterocycles. The van der Waals surface area contributed by atoms with Crippen LogP contribution in [0.2, 0.25) is 0 Å². The van der Waals surface area contributed by atoms with Crippen LogP contribution in [0.15, 0.2) is 29.4 Å². The molecule has 37 heavy (non-hydrogen) atoms. The average Bonchev–Trinajstić information content (AvgIpc) is 3.24. The van der Waals surface area contributed by atoms with Crippen LogP contribution in [0.25, 0.3) is 0 Å². The number of hydrogen-bond acceptors (Lipinski definition) is 7. The van der Waals surface area contributed by atoms with Crippen molar-refractivity contribution in [3.05, 3.63) is 24.4 Å². The number of rotatable bonds is 7. The van der Waals surface area contributed by atoms with Gasteiger partial charge in [-0.15, -0.1) is 0 Å². The molecule has 1 aromatic rings. The fourth-order valence-electron chi connectivity index (χ4n) is 5.40. The van der Waals surface area contributed by atoms with Gasteiger partial charge in [-0.1, -0.05) is 25.8 Å². The van der Waals surface area contributed by atoms with Crippen molar-refractivity contribution in [2.45, 2.75) is 69.0 Å². The molecule has 3 heterocycles. The number of morpholine rings is 1. The number of urea groups is 1. The Balaban J connectivity index is 1.43. The zero-order chi connectivity index (χ0) is 26.5. The van der Waals surface area contributed by atoms with E-state index in [9.17, 15) is 22.8 Å². The SMILES string of the molecule is CC1(C[C@H](NC(=O)N2CCOCC2)C(=O)N[C@H]2CCCN(S(=O)(=O)c3ccccn3)CC2=O)CCCC1. The number of ketones is 1. The van der Waals surface area contributed by atoms with E-state index in [1.807, 2.05) is 0 Å². The van der Waals surface area contributed by atoms with E-state index >= 15 is 0 Å². The molecule has 4 rings (SSSR count). The monoisotopic (exact) mass is 535 g/mol. The summed E-state index contributed by atoms with van der Waals surface area (Å²) in [6.45, 7) is 3.78. The minimum absolute atomic E-state index is 0.0681. The summed E-state index contributed by atoms with van der Waals surface area (Å²) in [6.07, 6.45) is 6.74. The van der Waals surface area contributed by atoms with Crippen LogP contribution in [0.3, 0.4) is 0 Å². The van der Waals surface area contributed by atoms with Crippen molar-refractivity contribution in [3.8, 4) is 0 Å². The zero-order valence-electron chi connectivity index (χ0n) is 21.4. The van der Waals surface area contributed by atoms with Crippen molar-refractivity contribution in [1.29, 1.82) is 0 Å². The van der Waals surface area contributed by atoms with Crippen molar-refractivity contribution in [1.82, 2.24) is 24.8 Å². The summed E-state index contributed by atoms with van der Waals surface area (Å²) in [5, 5.41) is 5.63. The second-order valence-electron chi connectivity index (χ2n) is 10.5. The zero-order valence-corrected chi connectivity index (χ0v) is 22.2. The first-order chi connectivity index (χ1) is 17.7. The van der Waals surface area contributed by atoms with E-state index in [4.69, 9.17) is 4.74 Å². The molecule has 204 valence electrons. The maximum Gasteiger partial charge on any atom is 0.318 e. The van der Waals surface area contributed by atoms with Crippen LogP contribution in [0.4, 0.5) is 4.79 Å². The van der Waals surface area contributed by atoms with Crippen LogP contribution in [0.1, 0.15) is 51.9 Å². The lowest BCUT2D eigenvalue weighted by Gasteiger charge is -2.33. The number of carbonyl (C=O) groups excluding carboxylic acids is 3. The van der Waals surface area contributed by atoms with Gasteiger partial charge in [-0.3, -0.25) is 9.59 Å². The number of ether oxygens (including phenoxy) is 1.